The van der Waals surface area contributed by atoms with Crippen molar-refractivity contribution in [3.63, 3.8) is 0 Å². The zero-order valence-corrected chi connectivity index (χ0v) is 15.1. The van der Waals surface area contributed by atoms with Crippen molar-refractivity contribution < 1.29 is 19.0 Å². The van der Waals surface area contributed by atoms with Crippen molar-refractivity contribution in [1.82, 2.24) is 14.9 Å². The maximum atomic E-state index is 11.8. The van der Waals surface area contributed by atoms with E-state index >= 15 is 0 Å². The summed E-state index contributed by atoms with van der Waals surface area (Å²) in [6.45, 7) is 4.91. The molecular formula is C14H20IN3O4. The van der Waals surface area contributed by atoms with Crippen LogP contribution in [0.25, 0.3) is 0 Å². The molecule has 1 amide bonds. The van der Waals surface area contributed by atoms with E-state index in [0.29, 0.717) is 28.4 Å². The number of ether oxygens (including phenoxy) is 3. The minimum Gasteiger partial charge on any atom is -0.489 e. The first-order valence-electron chi connectivity index (χ1n) is 7.18. The van der Waals surface area contributed by atoms with Crippen LogP contribution in [-0.4, -0.2) is 53.4 Å². The molecule has 0 unspecified atom stereocenters. The first-order chi connectivity index (χ1) is 10.5. The number of carbonyl (C=O) groups excluding carboxylic acids is 1. The van der Waals surface area contributed by atoms with Gasteiger partial charge in [-0.2, -0.15) is 4.98 Å². The molecule has 1 aromatic rings. The predicted octanol–water partition coefficient (Wildman–Crippen LogP) is 2.48. The molecule has 7 nitrogen and oxygen atoms in total. The number of hydrogen-bond donors (Lipinski definition) is 0. The summed E-state index contributed by atoms with van der Waals surface area (Å²) in [4.78, 5) is 21.7. The average molecular weight is 421 g/mol. The van der Waals surface area contributed by atoms with Crippen LogP contribution in [0.5, 0.6) is 11.6 Å². The van der Waals surface area contributed by atoms with Crippen LogP contribution in [0, 0.1) is 3.70 Å². The Labute approximate surface area is 143 Å². The third-order valence-corrected chi connectivity index (χ3v) is 4.02. The number of nitrogens with zero attached hydrogens (tertiary/aromatic N) is 3. The summed E-state index contributed by atoms with van der Waals surface area (Å²) in [5.41, 5.74) is 0. The third kappa shape index (κ3) is 4.34. The van der Waals surface area contributed by atoms with Crippen molar-refractivity contribution in [2.24, 2.45) is 0 Å². The van der Waals surface area contributed by atoms with Gasteiger partial charge in [-0.15, -0.1) is 0 Å². The van der Waals surface area contributed by atoms with Crippen LogP contribution in [0.3, 0.4) is 0 Å². The van der Waals surface area contributed by atoms with Gasteiger partial charge in [-0.05, 0) is 36.4 Å². The molecule has 1 fully saturated rings. The molecule has 0 saturated carbocycles. The van der Waals surface area contributed by atoms with E-state index in [9.17, 15) is 4.79 Å². The number of aromatic nitrogens is 2. The van der Waals surface area contributed by atoms with Gasteiger partial charge in [-0.25, -0.2) is 9.78 Å². The monoisotopic (exact) mass is 421 g/mol. The Morgan fingerprint density at radius 2 is 2.05 bits per heavy atom. The highest BCUT2D eigenvalue weighted by atomic mass is 127. The van der Waals surface area contributed by atoms with Gasteiger partial charge < -0.3 is 19.1 Å². The van der Waals surface area contributed by atoms with E-state index in [1.54, 1.807) is 12.0 Å². The molecule has 0 bridgehead atoms. The van der Waals surface area contributed by atoms with Crippen molar-refractivity contribution >= 4 is 28.7 Å². The number of likely N-dealkylation sites (tertiary alicyclic amines) is 1. The van der Waals surface area contributed by atoms with E-state index < -0.39 is 0 Å². The molecule has 0 radical (unpaired) electrons. The molecule has 0 aliphatic carbocycles. The molecule has 22 heavy (non-hydrogen) atoms. The standard InChI is InChI=1S/C14H20IN3O4/c1-9(2)21-14(19)18-6-4-10(5-7-18)22-13-11(20-3)12(15)16-8-17-13/h8-10H,4-7H2,1-3H3. The Morgan fingerprint density at radius 3 is 2.64 bits per heavy atom. The normalized spacial score (nSPS) is 15.8. The second kappa shape index (κ2) is 7.80. The van der Waals surface area contributed by atoms with Gasteiger partial charge in [0, 0.05) is 25.9 Å². The lowest BCUT2D eigenvalue weighted by Crippen LogP contribution is -2.42. The van der Waals surface area contributed by atoms with Gasteiger partial charge in [-0.3, -0.25) is 0 Å². The van der Waals surface area contributed by atoms with Gasteiger partial charge in [0.05, 0.1) is 13.2 Å². The van der Waals surface area contributed by atoms with E-state index in [4.69, 9.17) is 14.2 Å². The van der Waals surface area contributed by atoms with Gasteiger partial charge in [-0.1, -0.05) is 0 Å². The smallest absolute Gasteiger partial charge is 0.410 e. The summed E-state index contributed by atoms with van der Waals surface area (Å²) >= 11 is 2.08. The van der Waals surface area contributed by atoms with Crippen LogP contribution in [0.4, 0.5) is 4.79 Å². The van der Waals surface area contributed by atoms with Crippen LogP contribution in [-0.2, 0) is 4.74 Å². The molecule has 8 heteroatoms. The van der Waals surface area contributed by atoms with Crippen molar-refractivity contribution in [2.75, 3.05) is 20.2 Å². The Hall–Kier alpha value is -1.32. The lowest BCUT2D eigenvalue weighted by molar-refractivity contribution is 0.0499. The van der Waals surface area contributed by atoms with Crippen LogP contribution in [0.15, 0.2) is 6.33 Å². The van der Waals surface area contributed by atoms with Gasteiger partial charge in [0.2, 0.25) is 5.75 Å². The fourth-order valence-electron chi connectivity index (χ4n) is 2.18. The van der Waals surface area contributed by atoms with Gasteiger partial charge in [0.15, 0.2) is 3.70 Å². The number of amides is 1. The number of piperidine rings is 1. The van der Waals surface area contributed by atoms with Crippen molar-refractivity contribution in [1.29, 1.82) is 0 Å². The van der Waals surface area contributed by atoms with Gasteiger partial charge in [0.1, 0.15) is 12.4 Å². The molecule has 0 aromatic carbocycles. The molecular weight excluding hydrogens is 401 g/mol. The number of methoxy groups -OCH3 is 1. The molecule has 1 aliphatic rings. The summed E-state index contributed by atoms with van der Waals surface area (Å²) in [5, 5.41) is 0. The summed E-state index contributed by atoms with van der Waals surface area (Å²) in [7, 11) is 1.57. The summed E-state index contributed by atoms with van der Waals surface area (Å²) in [6.07, 6.45) is 2.56. The van der Waals surface area contributed by atoms with Crippen molar-refractivity contribution in [2.45, 2.75) is 38.9 Å². The fraction of sp³-hybridized carbons (Fsp3) is 0.643. The highest BCUT2D eigenvalue weighted by Crippen LogP contribution is 2.30. The van der Waals surface area contributed by atoms with Crippen LogP contribution in [0.2, 0.25) is 0 Å². The largest absolute Gasteiger partial charge is 0.489 e. The van der Waals surface area contributed by atoms with E-state index in [0.717, 1.165) is 12.8 Å². The molecule has 122 valence electrons. The highest BCUT2D eigenvalue weighted by Gasteiger charge is 2.26. The van der Waals surface area contributed by atoms with Gasteiger partial charge in [0.25, 0.3) is 5.88 Å². The van der Waals surface area contributed by atoms with E-state index in [-0.39, 0.29) is 18.3 Å². The average Bonchev–Trinajstić information content (AvgIpc) is 2.47. The topological polar surface area (TPSA) is 73.8 Å². The molecule has 2 heterocycles. The zero-order valence-electron chi connectivity index (χ0n) is 12.9. The maximum absolute atomic E-state index is 11.8. The first kappa shape index (κ1) is 17.0. The van der Waals surface area contributed by atoms with Gasteiger partial charge >= 0.3 is 6.09 Å². The molecule has 1 saturated heterocycles. The van der Waals surface area contributed by atoms with E-state index in [1.165, 1.54) is 6.33 Å². The minimum atomic E-state index is -0.261. The van der Waals surface area contributed by atoms with Crippen molar-refractivity contribution in [3.8, 4) is 11.6 Å². The molecule has 1 aromatic heterocycles. The number of carbonyl (C=O) groups is 1. The molecule has 0 atom stereocenters. The highest BCUT2D eigenvalue weighted by molar-refractivity contribution is 14.1. The Kier molecular flexibility index (Phi) is 6.04. The Morgan fingerprint density at radius 1 is 1.36 bits per heavy atom. The zero-order chi connectivity index (χ0) is 16.1. The molecule has 1 aliphatic heterocycles. The maximum Gasteiger partial charge on any atom is 0.410 e. The number of halogens is 1. The Bertz CT molecular complexity index is 519. The van der Waals surface area contributed by atoms with Crippen LogP contribution >= 0.6 is 22.6 Å². The van der Waals surface area contributed by atoms with E-state index in [2.05, 4.69) is 32.6 Å². The second-order valence-electron chi connectivity index (χ2n) is 5.24. The van der Waals surface area contributed by atoms with Crippen LogP contribution in [0.1, 0.15) is 26.7 Å². The second-order valence-corrected chi connectivity index (χ2v) is 6.26. The lowest BCUT2D eigenvalue weighted by atomic mass is 10.1. The Balaban J connectivity index is 1.90. The fourth-order valence-corrected chi connectivity index (χ4v) is 2.76. The quantitative estimate of drug-likeness (QED) is 0.550. The lowest BCUT2D eigenvalue weighted by Gasteiger charge is -2.31. The number of rotatable bonds is 4. The number of hydrogen-bond acceptors (Lipinski definition) is 6. The third-order valence-electron chi connectivity index (χ3n) is 3.25. The molecule has 0 N–H and O–H groups in total. The van der Waals surface area contributed by atoms with Crippen molar-refractivity contribution in [3.05, 3.63) is 10.0 Å². The summed E-state index contributed by atoms with van der Waals surface area (Å²) in [5.74, 6) is 0.995. The molecule has 0 spiro atoms. The van der Waals surface area contributed by atoms with E-state index in [1.807, 2.05) is 13.8 Å². The summed E-state index contributed by atoms with van der Waals surface area (Å²) in [6, 6.07) is 0. The minimum absolute atomic E-state index is 0.00250. The van der Waals surface area contributed by atoms with Crippen LogP contribution < -0.4 is 9.47 Å². The predicted molar refractivity (Wildman–Crippen MR) is 88.1 cm³/mol. The SMILES string of the molecule is COc1c(I)ncnc1OC1CCN(C(=O)OC(C)C)CC1. The summed E-state index contributed by atoms with van der Waals surface area (Å²) < 4.78 is 17.1. The first-order valence-corrected chi connectivity index (χ1v) is 8.25. The molecule has 2 rings (SSSR count).